The lowest BCUT2D eigenvalue weighted by Gasteiger charge is -2.15. The Bertz CT molecular complexity index is 1080. The number of nitrogens with one attached hydrogen (secondary N) is 1. The predicted octanol–water partition coefficient (Wildman–Crippen LogP) is 4.03. The number of hydrogen-bond acceptors (Lipinski definition) is 4. The minimum atomic E-state index is -0.363. The maximum atomic E-state index is 12.8. The lowest BCUT2D eigenvalue weighted by Crippen LogP contribution is -2.25. The third-order valence-corrected chi connectivity index (χ3v) is 5.14. The molecule has 1 N–H and O–H groups in total. The minimum Gasteiger partial charge on any atom is -0.496 e. The molecule has 0 unspecified atom stereocenters. The van der Waals surface area contributed by atoms with Crippen LogP contribution in [0.5, 0.6) is 5.75 Å². The van der Waals surface area contributed by atoms with Gasteiger partial charge in [0.25, 0.3) is 5.91 Å². The molecule has 2 amide bonds. The number of anilines is 1. The number of nitrogens with zero attached hydrogens (tertiary/aromatic N) is 2. The van der Waals surface area contributed by atoms with Crippen LogP contribution in [0, 0.1) is 0 Å². The van der Waals surface area contributed by atoms with Gasteiger partial charge in [-0.15, -0.1) is 0 Å². The molecule has 8 heteroatoms. The van der Waals surface area contributed by atoms with Crippen LogP contribution in [0.25, 0.3) is 5.69 Å². The number of aromatic nitrogens is 1. The first-order valence-electron chi connectivity index (χ1n) is 9.39. The zero-order valence-electron chi connectivity index (χ0n) is 16.3. The van der Waals surface area contributed by atoms with Crippen molar-refractivity contribution in [1.82, 2.24) is 9.88 Å². The van der Waals surface area contributed by atoms with Crippen molar-refractivity contribution in [2.24, 2.45) is 0 Å². The van der Waals surface area contributed by atoms with Crippen molar-refractivity contribution in [2.75, 3.05) is 25.2 Å². The number of amides is 2. The van der Waals surface area contributed by atoms with Crippen molar-refractivity contribution < 1.29 is 19.1 Å². The molecule has 1 aliphatic heterocycles. The van der Waals surface area contributed by atoms with E-state index in [9.17, 15) is 9.59 Å². The van der Waals surface area contributed by atoms with Crippen LogP contribution in [-0.2, 0) is 11.3 Å². The average Bonchev–Trinajstić information content (AvgIpc) is 3.44. The van der Waals surface area contributed by atoms with Gasteiger partial charge in [-0.25, -0.2) is 4.79 Å². The van der Waals surface area contributed by atoms with Gasteiger partial charge in [-0.2, -0.15) is 0 Å². The Labute approximate surface area is 178 Å². The van der Waals surface area contributed by atoms with Gasteiger partial charge in [0.15, 0.2) is 0 Å². The second-order valence-electron chi connectivity index (χ2n) is 6.71. The molecule has 0 bridgehead atoms. The normalized spacial score (nSPS) is 13.3. The number of carbonyl (C=O) groups excluding carboxylic acids is 2. The highest BCUT2D eigenvalue weighted by molar-refractivity contribution is 6.33. The fourth-order valence-corrected chi connectivity index (χ4v) is 3.58. The van der Waals surface area contributed by atoms with Crippen LogP contribution in [0.1, 0.15) is 15.9 Å². The van der Waals surface area contributed by atoms with Crippen molar-refractivity contribution in [1.29, 1.82) is 0 Å². The highest BCUT2D eigenvalue weighted by Gasteiger charge is 2.23. The molecule has 0 radical (unpaired) electrons. The zero-order valence-corrected chi connectivity index (χ0v) is 17.1. The van der Waals surface area contributed by atoms with E-state index in [1.165, 1.54) is 7.11 Å². The van der Waals surface area contributed by atoms with Crippen molar-refractivity contribution in [3.8, 4) is 11.4 Å². The highest BCUT2D eigenvalue weighted by Crippen LogP contribution is 2.30. The maximum Gasteiger partial charge on any atom is 0.414 e. The van der Waals surface area contributed by atoms with Crippen LogP contribution < -0.4 is 15.0 Å². The third-order valence-electron chi connectivity index (χ3n) is 4.83. The van der Waals surface area contributed by atoms with Crippen molar-refractivity contribution in [3.63, 3.8) is 0 Å². The summed E-state index contributed by atoms with van der Waals surface area (Å²) in [6.07, 6.45) is 3.37. The first kappa shape index (κ1) is 19.8. The molecular weight excluding hydrogens is 406 g/mol. The monoisotopic (exact) mass is 425 g/mol. The Kier molecular flexibility index (Phi) is 5.63. The molecule has 4 rings (SSSR count). The molecule has 0 spiro atoms. The quantitative estimate of drug-likeness (QED) is 0.647. The number of methoxy groups -OCH3 is 1. The van der Waals surface area contributed by atoms with E-state index in [0.29, 0.717) is 29.5 Å². The van der Waals surface area contributed by atoms with Gasteiger partial charge in [0.05, 0.1) is 29.9 Å². The van der Waals surface area contributed by atoms with E-state index < -0.39 is 0 Å². The van der Waals surface area contributed by atoms with Gasteiger partial charge in [0.2, 0.25) is 0 Å². The number of ether oxygens (including phenoxy) is 2. The first-order chi connectivity index (χ1) is 14.6. The summed E-state index contributed by atoms with van der Waals surface area (Å²) in [4.78, 5) is 26.1. The van der Waals surface area contributed by atoms with Gasteiger partial charge < -0.3 is 19.4 Å². The Morgan fingerprint density at radius 1 is 1.20 bits per heavy atom. The molecule has 2 aromatic carbocycles. The Morgan fingerprint density at radius 3 is 2.70 bits per heavy atom. The van der Waals surface area contributed by atoms with Gasteiger partial charge in [0, 0.05) is 30.7 Å². The summed E-state index contributed by atoms with van der Waals surface area (Å²) in [7, 11) is 1.51. The van der Waals surface area contributed by atoms with E-state index in [2.05, 4.69) is 5.32 Å². The van der Waals surface area contributed by atoms with Crippen LogP contribution in [-0.4, -0.2) is 36.8 Å². The molecule has 1 saturated heterocycles. The summed E-state index contributed by atoms with van der Waals surface area (Å²) in [5.74, 6) is 0.118. The molecule has 7 nitrogen and oxygen atoms in total. The van der Waals surface area contributed by atoms with Crippen LogP contribution in [0.2, 0.25) is 5.02 Å². The number of halogens is 1. The van der Waals surface area contributed by atoms with Gasteiger partial charge in [-0.3, -0.25) is 9.69 Å². The molecule has 30 heavy (non-hydrogen) atoms. The van der Waals surface area contributed by atoms with Crippen molar-refractivity contribution in [3.05, 3.63) is 77.1 Å². The summed E-state index contributed by atoms with van der Waals surface area (Å²) in [6.45, 7) is 1.17. The van der Waals surface area contributed by atoms with Gasteiger partial charge in [0.1, 0.15) is 12.4 Å². The van der Waals surface area contributed by atoms with E-state index in [0.717, 1.165) is 16.9 Å². The van der Waals surface area contributed by atoms with E-state index in [-0.39, 0.29) is 18.5 Å². The number of carbonyl (C=O) groups is 2. The maximum absolute atomic E-state index is 12.8. The lowest BCUT2D eigenvalue weighted by atomic mass is 10.1. The number of benzene rings is 2. The summed E-state index contributed by atoms with van der Waals surface area (Å²) in [5.41, 5.74) is 2.66. The number of hydrogen-bond donors (Lipinski definition) is 1. The second-order valence-corrected chi connectivity index (χ2v) is 7.12. The van der Waals surface area contributed by atoms with Crippen LogP contribution in [0.4, 0.5) is 10.5 Å². The van der Waals surface area contributed by atoms with Gasteiger partial charge >= 0.3 is 6.09 Å². The number of cyclic esters (lactones) is 1. The molecule has 3 aromatic rings. The summed E-state index contributed by atoms with van der Waals surface area (Å²) >= 11 is 6.41. The first-order valence-corrected chi connectivity index (χ1v) is 9.77. The summed E-state index contributed by atoms with van der Waals surface area (Å²) in [5, 5.41) is 3.32. The molecule has 0 saturated carbocycles. The number of rotatable bonds is 6. The smallest absolute Gasteiger partial charge is 0.414 e. The molecule has 1 fully saturated rings. The molecule has 154 valence electrons. The molecule has 0 aliphatic carbocycles. The second kappa shape index (κ2) is 8.51. The largest absolute Gasteiger partial charge is 0.496 e. The Hall–Kier alpha value is -3.45. The van der Waals surface area contributed by atoms with Crippen molar-refractivity contribution >= 4 is 29.3 Å². The Balaban J connectivity index is 1.50. The lowest BCUT2D eigenvalue weighted by molar-refractivity contribution is 0.0948. The van der Waals surface area contributed by atoms with Gasteiger partial charge in [-0.1, -0.05) is 23.7 Å². The zero-order chi connectivity index (χ0) is 21.1. The van der Waals surface area contributed by atoms with Crippen LogP contribution in [0.15, 0.2) is 60.9 Å². The molecule has 1 aromatic heterocycles. The summed E-state index contributed by atoms with van der Waals surface area (Å²) < 4.78 is 12.2. The fraction of sp³-hybridized carbons (Fsp3) is 0.182. The molecule has 2 heterocycles. The van der Waals surface area contributed by atoms with Crippen molar-refractivity contribution in [2.45, 2.75) is 6.54 Å². The predicted molar refractivity (Wildman–Crippen MR) is 114 cm³/mol. The third kappa shape index (κ3) is 3.97. The van der Waals surface area contributed by atoms with E-state index in [4.69, 9.17) is 21.1 Å². The van der Waals surface area contributed by atoms with Gasteiger partial charge in [-0.05, 0) is 35.9 Å². The molecule has 1 aliphatic rings. The van der Waals surface area contributed by atoms with Crippen LogP contribution in [0.3, 0.4) is 0 Å². The molecule has 0 atom stereocenters. The van der Waals surface area contributed by atoms with E-state index in [1.54, 1.807) is 17.0 Å². The highest BCUT2D eigenvalue weighted by atomic mass is 35.5. The fourth-order valence-electron chi connectivity index (χ4n) is 3.32. The molecular formula is C22H20ClN3O4. The SMILES string of the molecule is COc1cc(-n2cccc2)c(Cl)cc1C(=O)NCc1cccc(N2CCOC2=O)c1. The topological polar surface area (TPSA) is 72.8 Å². The average molecular weight is 426 g/mol. The van der Waals surface area contributed by atoms with E-state index in [1.807, 2.05) is 53.4 Å². The standard InChI is InChI=1S/C22H20ClN3O4/c1-29-20-13-19(25-7-2-3-8-25)18(23)12-17(20)21(27)24-14-15-5-4-6-16(11-15)26-9-10-30-22(26)28/h2-8,11-13H,9-10,14H2,1H3,(H,24,27). The minimum absolute atomic E-state index is 0.287. The van der Waals surface area contributed by atoms with E-state index >= 15 is 0 Å². The summed E-state index contributed by atoms with van der Waals surface area (Å²) in [6, 6.07) is 14.5. The van der Waals surface area contributed by atoms with Crippen LogP contribution >= 0.6 is 11.6 Å². The Morgan fingerprint density at radius 2 is 2.00 bits per heavy atom.